The van der Waals surface area contributed by atoms with Crippen LogP contribution in [-0.4, -0.2) is 37.6 Å². The van der Waals surface area contributed by atoms with Gasteiger partial charge in [-0.1, -0.05) is 38.1 Å². The van der Waals surface area contributed by atoms with E-state index in [1.54, 1.807) is 36.2 Å². The molecule has 0 spiro atoms. The van der Waals surface area contributed by atoms with E-state index in [-0.39, 0.29) is 16.9 Å². The number of phenolic OH excluding ortho intramolecular Hbond substituents is 1. The molecular formula is C27H24N4O4. The Morgan fingerprint density at radius 2 is 1.89 bits per heavy atom. The van der Waals surface area contributed by atoms with Gasteiger partial charge in [-0.15, -0.1) is 5.10 Å². The van der Waals surface area contributed by atoms with E-state index in [1.165, 1.54) is 0 Å². The third-order valence-corrected chi connectivity index (χ3v) is 6.66. The molecule has 0 amide bonds. The number of nitrogens with zero attached hydrogens (tertiary/aromatic N) is 4. The van der Waals surface area contributed by atoms with Crippen molar-refractivity contribution in [1.82, 2.24) is 19.6 Å². The van der Waals surface area contributed by atoms with Gasteiger partial charge in [-0.25, -0.2) is 14.5 Å². The summed E-state index contributed by atoms with van der Waals surface area (Å²) in [7, 11) is 1.62. The summed E-state index contributed by atoms with van der Waals surface area (Å²) in [6.45, 7) is 4.15. The Hall–Kier alpha value is -4.20. The van der Waals surface area contributed by atoms with Crippen LogP contribution in [0.2, 0.25) is 0 Å². The molecule has 1 unspecified atom stereocenters. The Balaban J connectivity index is 1.60. The van der Waals surface area contributed by atoms with Crippen LogP contribution in [-0.2, 0) is 4.79 Å². The number of allylic oxidation sites excluding steroid dienone is 2. The largest absolute Gasteiger partial charge is 0.507 e. The van der Waals surface area contributed by atoms with Crippen molar-refractivity contribution >= 4 is 11.4 Å². The normalized spacial score (nSPS) is 18.7. The molecule has 2 aromatic carbocycles. The van der Waals surface area contributed by atoms with Crippen LogP contribution in [0.5, 0.6) is 17.4 Å². The number of benzene rings is 2. The molecule has 1 aliphatic carbocycles. The van der Waals surface area contributed by atoms with Gasteiger partial charge in [0.2, 0.25) is 5.88 Å². The van der Waals surface area contributed by atoms with Gasteiger partial charge in [0, 0.05) is 24.3 Å². The van der Waals surface area contributed by atoms with E-state index >= 15 is 0 Å². The van der Waals surface area contributed by atoms with Crippen molar-refractivity contribution in [3.63, 3.8) is 0 Å². The molecule has 4 aromatic rings. The van der Waals surface area contributed by atoms with Crippen molar-refractivity contribution in [2.75, 3.05) is 7.11 Å². The number of ether oxygens (including phenoxy) is 2. The highest BCUT2D eigenvalue weighted by molar-refractivity contribution is 6.00. The summed E-state index contributed by atoms with van der Waals surface area (Å²) in [4.78, 5) is 22.8. The maximum absolute atomic E-state index is 13.5. The second-order valence-corrected chi connectivity index (χ2v) is 9.77. The third-order valence-electron chi connectivity index (χ3n) is 6.66. The molecule has 0 fully saturated rings. The molecule has 1 atom stereocenters. The van der Waals surface area contributed by atoms with Crippen LogP contribution >= 0.6 is 0 Å². The molecule has 176 valence electrons. The van der Waals surface area contributed by atoms with Gasteiger partial charge >= 0.3 is 0 Å². The van der Waals surface area contributed by atoms with E-state index in [9.17, 15) is 9.90 Å². The Morgan fingerprint density at radius 3 is 2.63 bits per heavy atom. The number of ketones is 1. The molecule has 2 aliphatic rings. The topological polar surface area (TPSA) is 98.8 Å². The third kappa shape index (κ3) is 3.44. The Bertz CT molecular complexity index is 1520. The number of hydrogen-bond acceptors (Lipinski definition) is 7. The molecule has 1 aliphatic heterocycles. The van der Waals surface area contributed by atoms with Crippen molar-refractivity contribution in [2.24, 2.45) is 5.41 Å². The van der Waals surface area contributed by atoms with E-state index in [4.69, 9.17) is 14.5 Å². The number of carbonyl (C=O) groups excluding carboxylic acids is 1. The summed E-state index contributed by atoms with van der Waals surface area (Å²) < 4.78 is 13.2. The standard InChI is InChI=1S/C27H24N4O4/c1-27(2)12-19(33)22-20(13-27)35-26-23(21(22)15-8-10-16(34-3)11-9-15)25-29-24(30-31(25)14-28-26)17-6-4-5-7-18(17)32/h4-11,14,21,32H,12-13H2,1-3H3. The minimum atomic E-state index is -0.416. The number of para-hydroxylation sites is 1. The van der Waals surface area contributed by atoms with E-state index in [1.807, 2.05) is 30.3 Å². The van der Waals surface area contributed by atoms with Crippen molar-refractivity contribution in [3.05, 3.63) is 77.3 Å². The monoisotopic (exact) mass is 468 g/mol. The summed E-state index contributed by atoms with van der Waals surface area (Å²) >= 11 is 0. The minimum absolute atomic E-state index is 0.0603. The first-order chi connectivity index (χ1) is 16.8. The van der Waals surface area contributed by atoms with Crippen LogP contribution < -0.4 is 9.47 Å². The molecule has 0 radical (unpaired) electrons. The van der Waals surface area contributed by atoms with E-state index in [0.29, 0.717) is 52.7 Å². The average Bonchev–Trinajstić information content (AvgIpc) is 3.26. The predicted molar refractivity (Wildman–Crippen MR) is 128 cm³/mol. The molecule has 3 heterocycles. The summed E-state index contributed by atoms with van der Waals surface area (Å²) in [5.41, 5.74) is 3.08. The van der Waals surface area contributed by atoms with E-state index in [2.05, 4.69) is 23.9 Å². The number of Topliss-reactive ketones (excluding diaryl/α,β-unsaturated/α-hetero) is 1. The molecule has 0 saturated heterocycles. The summed E-state index contributed by atoms with van der Waals surface area (Å²) in [5.74, 6) is 1.90. The summed E-state index contributed by atoms with van der Waals surface area (Å²) in [5, 5.41) is 14.9. The number of methoxy groups -OCH3 is 1. The van der Waals surface area contributed by atoms with Gasteiger partial charge in [-0.05, 0) is 35.2 Å². The Labute approximate surface area is 201 Å². The fourth-order valence-electron chi connectivity index (χ4n) is 5.05. The van der Waals surface area contributed by atoms with Crippen molar-refractivity contribution in [1.29, 1.82) is 0 Å². The highest BCUT2D eigenvalue weighted by atomic mass is 16.5. The zero-order valence-electron chi connectivity index (χ0n) is 19.6. The fourth-order valence-corrected chi connectivity index (χ4v) is 5.05. The van der Waals surface area contributed by atoms with Gasteiger partial charge < -0.3 is 14.6 Å². The lowest BCUT2D eigenvalue weighted by molar-refractivity contribution is -0.118. The first-order valence-corrected chi connectivity index (χ1v) is 11.5. The average molecular weight is 469 g/mol. The molecule has 8 nitrogen and oxygen atoms in total. The number of hydrogen-bond donors (Lipinski definition) is 1. The van der Waals surface area contributed by atoms with Gasteiger partial charge in [0.25, 0.3) is 0 Å². The predicted octanol–water partition coefficient (Wildman–Crippen LogP) is 4.67. The second-order valence-electron chi connectivity index (χ2n) is 9.77. The fraction of sp³-hybridized carbons (Fsp3) is 0.259. The van der Waals surface area contributed by atoms with Crippen LogP contribution in [0.25, 0.3) is 17.0 Å². The first-order valence-electron chi connectivity index (χ1n) is 11.5. The quantitative estimate of drug-likeness (QED) is 0.466. The van der Waals surface area contributed by atoms with Gasteiger partial charge in [-0.2, -0.15) is 0 Å². The van der Waals surface area contributed by atoms with Crippen LogP contribution in [0.3, 0.4) is 0 Å². The van der Waals surface area contributed by atoms with Crippen LogP contribution in [0.1, 0.15) is 43.7 Å². The molecular weight excluding hydrogens is 444 g/mol. The van der Waals surface area contributed by atoms with Crippen molar-refractivity contribution in [3.8, 4) is 28.8 Å². The molecule has 2 aromatic heterocycles. The highest BCUT2D eigenvalue weighted by Gasteiger charge is 2.44. The minimum Gasteiger partial charge on any atom is -0.507 e. The highest BCUT2D eigenvalue weighted by Crippen LogP contribution is 2.50. The zero-order valence-corrected chi connectivity index (χ0v) is 19.6. The zero-order chi connectivity index (χ0) is 24.3. The Kier molecular flexibility index (Phi) is 4.67. The van der Waals surface area contributed by atoms with E-state index in [0.717, 1.165) is 11.3 Å². The number of fused-ring (bicyclic) bond motifs is 3. The number of carbonyl (C=O) groups is 1. The summed E-state index contributed by atoms with van der Waals surface area (Å²) in [6.07, 6.45) is 2.63. The number of aromatic nitrogens is 4. The van der Waals surface area contributed by atoms with Gasteiger partial charge in [0.05, 0.1) is 18.2 Å². The smallest absolute Gasteiger partial charge is 0.228 e. The number of aromatic hydroxyl groups is 1. The molecule has 1 N–H and O–H groups in total. The second kappa shape index (κ2) is 7.66. The van der Waals surface area contributed by atoms with E-state index < -0.39 is 5.92 Å². The summed E-state index contributed by atoms with van der Waals surface area (Å²) in [6, 6.07) is 14.6. The lowest BCUT2D eigenvalue weighted by Gasteiger charge is -2.37. The van der Waals surface area contributed by atoms with Crippen LogP contribution in [0.4, 0.5) is 0 Å². The van der Waals surface area contributed by atoms with Gasteiger partial charge in [-0.3, -0.25) is 4.79 Å². The van der Waals surface area contributed by atoms with Gasteiger partial charge in [0.1, 0.15) is 23.6 Å². The van der Waals surface area contributed by atoms with Crippen molar-refractivity contribution in [2.45, 2.75) is 32.6 Å². The molecule has 0 saturated carbocycles. The lowest BCUT2D eigenvalue weighted by atomic mass is 9.70. The lowest BCUT2D eigenvalue weighted by Crippen LogP contribution is -2.33. The maximum atomic E-state index is 13.5. The van der Waals surface area contributed by atoms with Crippen LogP contribution in [0.15, 0.2) is 66.2 Å². The molecule has 6 rings (SSSR count). The number of phenols is 1. The van der Waals surface area contributed by atoms with Crippen LogP contribution in [0, 0.1) is 5.41 Å². The SMILES string of the molecule is COc1ccc(C2C3=C(CC(C)(C)CC3=O)Oc3ncn4nc(-c5ccccc5O)nc4c32)cc1. The van der Waals surface area contributed by atoms with Gasteiger partial charge in [0.15, 0.2) is 17.3 Å². The molecule has 35 heavy (non-hydrogen) atoms. The van der Waals surface area contributed by atoms with Crippen molar-refractivity contribution < 1.29 is 19.4 Å². The maximum Gasteiger partial charge on any atom is 0.228 e. The Morgan fingerprint density at radius 1 is 1.11 bits per heavy atom. The molecule has 8 heteroatoms. The molecule has 0 bridgehead atoms. The number of rotatable bonds is 3. The first kappa shape index (κ1) is 21.3.